The molecule has 0 amide bonds. The van der Waals surface area contributed by atoms with E-state index in [0.29, 0.717) is 5.92 Å². The van der Waals surface area contributed by atoms with Crippen LogP contribution in [0.2, 0.25) is 0 Å². The summed E-state index contributed by atoms with van der Waals surface area (Å²) in [6.07, 6.45) is 2.12. The van der Waals surface area contributed by atoms with Gasteiger partial charge < -0.3 is 4.90 Å². The first-order valence-corrected chi connectivity index (χ1v) is 3.41. The highest BCUT2D eigenvalue weighted by Gasteiger charge is 2.14. The lowest BCUT2D eigenvalue weighted by atomic mass is 9.99. The average Bonchev–Trinajstić information content (AvgIpc) is 1.90. The predicted octanol–water partition coefficient (Wildman–Crippen LogP) is 0.852. The van der Waals surface area contributed by atoms with Crippen molar-refractivity contribution in [1.82, 2.24) is 4.90 Å². The van der Waals surface area contributed by atoms with Crippen molar-refractivity contribution in [2.75, 3.05) is 20.1 Å². The van der Waals surface area contributed by atoms with Crippen LogP contribution >= 0.6 is 0 Å². The Labute approximate surface area is 56.1 Å². The second-order valence-electron chi connectivity index (χ2n) is 2.71. The first kappa shape index (κ1) is 6.57. The Morgan fingerprint density at radius 2 is 2.00 bits per heavy atom. The van der Waals surface area contributed by atoms with E-state index in [2.05, 4.69) is 18.0 Å². The quantitative estimate of drug-likeness (QED) is 0.478. The zero-order chi connectivity index (χ0) is 6.69. The van der Waals surface area contributed by atoms with Crippen molar-refractivity contribution in [1.29, 1.82) is 5.26 Å². The third-order valence-electron chi connectivity index (χ3n) is 1.90. The van der Waals surface area contributed by atoms with Crippen LogP contribution in [-0.2, 0) is 0 Å². The third kappa shape index (κ3) is 1.69. The average molecular weight is 124 g/mol. The summed E-state index contributed by atoms with van der Waals surface area (Å²) in [7, 11) is 2.10. The SMILES string of the molecule is CN1CCC(C#N)CC1. The Balaban J connectivity index is 2.28. The van der Waals surface area contributed by atoms with Gasteiger partial charge in [-0.25, -0.2) is 0 Å². The van der Waals surface area contributed by atoms with E-state index in [0.717, 1.165) is 25.9 Å². The van der Waals surface area contributed by atoms with Gasteiger partial charge in [-0.15, -0.1) is 0 Å². The highest BCUT2D eigenvalue weighted by Crippen LogP contribution is 2.13. The van der Waals surface area contributed by atoms with Gasteiger partial charge in [0.2, 0.25) is 0 Å². The second kappa shape index (κ2) is 2.84. The number of likely N-dealkylation sites (tertiary alicyclic amines) is 1. The molecule has 2 nitrogen and oxygen atoms in total. The summed E-state index contributed by atoms with van der Waals surface area (Å²) in [6.45, 7) is 2.19. The van der Waals surface area contributed by atoms with Crippen LogP contribution in [0.25, 0.3) is 0 Å². The lowest BCUT2D eigenvalue weighted by Crippen LogP contribution is -2.29. The Bertz CT molecular complexity index is 117. The maximum Gasteiger partial charge on any atom is 0.0656 e. The van der Waals surface area contributed by atoms with Crippen LogP contribution in [0.15, 0.2) is 0 Å². The fourth-order valence-corrected chi connectivity index (χ4v) is 1.14. The monoisotopic (exact) mass is 124 g/mol. The van der Waals surface area contributed by atoms with Gasteiger partial charge in [0.15, 0.2) is 0 Å². The molecule has 0 saturated carbocycles. The van der Waals surface area contributed by atoms with Gasteiger partial charge in [0.25, 0.3) is 0 Å². The van der Waals surface area contributed by atoms with E-state index in [9.17, 15) is 0 Å². The molecule has 0 radical (unpaired) electrons. The Morgan fingerprint density at radius 3 is 2.44 bits per heavy atom. The molecule has 1 saturated heterocycles. The van der Waals surface area contributed by atoms with Crippen LogP contribution in [0.1, 0.15) is 12.8 Å². The lowest BCUT2D eigenvalue weighted by molar-refractivity contribution is 0.247. The first-order valence-electron chi connectivity index (χ1n) is 3.41. The molecule has 0 aliphatic carbocycles. The molecule has 0 atom stereocenters. The molecule has 0 aromatic rings. The fraction of sp³-hybridized carbons (Fsp3) is 0.857. The van der Waals surface area contributed by atoms with Crippen molar-refractivity contribution in [3.05, 3.63) is 0 Å². The number of nitrogens with zero attached hydrogens (tertiary/aromatic N) is 2. The van der Waals surface area contributed by atoms with Gasteiger partial charge >= 0.3 is 0 Å². The Morgan fingerprint density at radius 1 is 1.44 bits per heavy atom. The summed E-state index contributed by atoms with van der Waals surface area (Å²) in [5, 5.41) is 8.51. The normalized spacial score (nSPS) is 23.6. The lowest BCUT2D eigenvalue weighted by Gasteiger charge is -2.24. The molecule has 0 unspecified atom stereocenters. The largest absolute Gasteiger partial charge is 0.306 e. The van der Waals surface area contributed by atoms with Crippen LogP contribution in [0.5, 0.6) is 0 Å². The minimum Gasteiger partial charge on any atom is -0.306 e. The molecule has 2 heteroatoms. The van der Waals surface area contributed by atoms with E-state index in [-0.39, 0.29) is 0 Å². The second-order valence-corrected chi connectivity index (χ2v) is 2.71. The summed E-state index contributed by atoms with van der Waals surface area (Å²) in [4.78, 5) is 2.27. The van der Waals surface area contributed by atoms with Gasteiger partial charge in [-0.3, -0.25) is 0 Å². The molecule has 0 spiro atoms. The number of nitriles is 1. The molecule has 0 N–H and O–H groups in total. The van der Waals surface area contributed by atoms with E-state index in [1.807, 2.05) is 0 Å². The van der Waals surface area contributed by atoms with Crippen LogP contribution in [0, 0.1) is 17.2 Å². The summed E-state index contributed by atoms with van der Waals surface area (Å²) in [6, 6.07) is 2.30. The van der Waals surface area contributed by atoms with Crippen LogP contribution in [0.4, 0.5) is 0 Å². The van der Waals surface area contributed by atoms with Gasteiger partial charge in [-0.1, -0.05) is 0 Å². The highest BCUT2D eigenvalue weighted by molar-refractivity contribution is 4.86. The van der Waals surface area contributed by atoms with E-state index in [1.165, 1.54) is 0 Å². The van der Waals surface area contributed by atoms with E-state index >= 15 is 0 Å². The number of piperidine rings is 1. The smallest absolute Gasteiger partial charge is 0.0656 e. The number of hydrogen-bond acceptors (Lipinski definition) is 2. The minimum atomic E-state index is 0.334. The van der Waals surface area contributed by atoms with E-state index in [1.54, 1.807) is 0 Å². The maximum absolute atomic E-state index is 8.51. The molecule has 1 aliphatic heterocycles. The number of hydrogen-bond donors (Lipinski definition) is 0. The van der Waals surface area contributed by atoms with Crippen molar-refractivity contribution in [2.45, 2.75) is 12.8 Å². The van der Waals surface area contributed by atoms with Gasteiger partial charge in [-0.05, 0) is 33.0 Å². The molecular weight excluding hydrogens is 112 g/mol. The van der Waals surface area contributed by atoms with Crippen LogP contribution in [0.3, 0.4) is 0 Å². The Kier molecular flexibility index (Phi) is 2.07. The maximum atomic E-state index is 8.51. The van der Waals surface area contributed by atoms with Gasteiger partial charge in [-0.2, -0.15) is 5.26 Å². The summed E-state index contributed by atoms with van der Waals surface area (Å²) in [5.74, 6) is 0.334. The van der Waals surface area contributed by atoms with Crippen LogP contribution in [-0.4, -0.2) is 25.0 Å². The van der Waals surface area contributed by atoms with Gasteiger partial charge in [0.05, 0.1) is 6.07 Å². The minimum absolute atomic E-state index is 0.334. The summed E-state index contributed by atoms with van der Waals surface area (Å²) in [5.41, 5.74) is 0. The first-order chi connectivity index (χ1) is 4.33. The Hall–Kier alpha value is -0.550. The molecule has 0 bridgehead atoms. The predicted molar refractivity (Wildman–Crippen MR) is 35.8 cm³/mol. The van der Waals surface area contributed by atoms with Crippen molar-refractivity contribution in [3.8, 4) is 6.07 Å². The van der Waals surface area contributed by atoms with E-state index < -0.39 is 0 Å². The molecule has 1 rings (SSSR count). The van der Waals surface area contributed by atoms with Crippen molar-refractivity contribution < 1.29 is 0 Å². The topological polar surface area (TPSA) is 27.0 Å². The van der Waals surface area contributed by atoms with Crippen molar-refractivity contribution >= 4 is 0 Å². The van der Waals surface area contributed by atoms with E-state index in [4.69, 9.17) is 5.26 Å². The molecule has 0 aromatic carbocycles. The van der Waals surface area contributed by atoms with Crippen molar-refractivity contribution in [2.24, 2.45) is 5.92 Å². The molecule has 9 heavy (non-hydrogen) atoms. The van der Waals surface area contributed by atoms with Gasteiger partial charge in [0, 0.05) is 5.92 Å². The summed E-state index contributed by atoms with van der Waals surface area (Å²) >= 11 is 0. The molecule has 1 heterocycles. The zero-order valence-electron chi connectivity index (χ0n) is 5.80. The molecule has 0 aromatic heterocycles. The third-order valence-corrected chi connectivity index (χ3v) is 1.90. The molecule has 1 aliphatic rings. The highest BCUT2D eigenvalue weighted by atomic mass is 15.1. The molecule has 50 valence electrons. The zero-order valence-corrected chi connectivity index (χ0v) is 5.80. The summed E-state index contributed by atoms with van der Waals surface area (Å²) < 4.78 is 0. The fourth-order valence-electron chi connectivity index (χ4n) is 1.14. The number of rotatable bonds is 0. The molecule has 1 fully saturated rings. The standard InChI is InChI=1S/C7H12N2/c1-9-4-2-7(6-8)3-5-9/h7H,2-5H2,1H3. The van der Waals surface area contributed by atoms with Crippen LogP contribution < -0.4 is 0 Å². The van der Waals surface area contributed by atoms with Gasteiger partial charge in [0.1, 0.15) is 0 Å². The van der Waals surface area contributed by atoms with Crippen molar-refractivity contribution in [3.63, 3.8) is 0 Å². The molecular formula is C7H12N2.